The van der Waals surface area contributed by atoms with E-state index in [1.807, 2.05) is 6.07 Å². The molecular formula is C14H11Cl3O. The van der Waals surface area contributed by atoms with Gasteiger partial charge >= 0.3 is 0 Å². The summed E-state index contributed by atoms with van der Waals surface area (Å²) in [6.45, 7) is 0. The lowest BCUT2D eigenvalue weighted by Crippen LogP contribution is -2.05. The highest BCUT2D eigenvalue weighted by Crippen LogP contribution is 2.35. The van der Waals surface area contributed by atoms with Crippen molar-refractivity contribution in [2.45, 2.75) is 11.5 Å². The van der Waals surface area contributed by atoms with Gasteiger partial charge in [0.05, 0.1) is 11.5 Å². The van der Waals surface area contributed by atoms with Crippen LogP contribution in [0.15, 0.2) is 48.5 Å². The molecule has 0 spiro atoms. The zero-order chi connectivity index (χ0) is 13.1. The van der Waals surface area contributed by atoms with Crippen LogP contribution in [0.3, 0.4) is 0 Å². The summed E-state index contributed by atoms with van der Waals surface area (Å²) in [6.07, 6.45) is -0.830. The van der Waals surface area contributed by atoms with Crippen LogP contribution in [-0.2, 0) is 0 Å². The average molecular weight is 302 g/mol. The molecule has 0 unspecified atom stereocenters. The Morgan fingerprint density at radius 2 is 1.33 bits per heavy atom. The van der Waals surface area contributed by atoms with Crippen molar-refractivity contribution in [1.29, 1.82) is 0 Å². The smallest absolute Gasteiger partial charge is 0.0995 e. The molecule has 0 aliphatic heterocycles. The van der Waals surface area contributed by atoms with Gasteiger partial charge in [-0.25, -0.2) is 0 Å². The molecule has 2 atom stereocenters. The molecule has 0 heterocycles. The van der Waals surface area contributed by atoms with Crippen molar-refractivity contribution in [2.75, 3.05) is 0 Å². The third-order valence-electron chi connectivity index (χ3n) is 2.63. The maximum Gasteiger partial charge on any atom is 0.0995 e. The zero-order valence-corrected chi connectivity index (χ0v) is 11.6. The van der Waals surface area contributed by atoms with Crippen molar-refractivity contribution in [1.82, 2.24) is 0 Å². The second-order valence-corrected chi connectivity index (χ2v) is 5.30. The van der Waals surface area contributed by atoms with Crippen LogP contribution in [0, 0.1) is 0 Å². The first-order valence-electron chi connectivity index (χ1n) is 5.41. The lowest BCUT2D eigenvalue weighted by atomic mass is 10.0. The van der Waals surface area contributed by atoms with Crippen LogP contribution in [-0.4, -0.2) is 5.11 Å². The third-order valence-corrected chi connectivity index (χ3v) is 3.60. The van der Waals surface area contributed by atoms with E-state index in [1.165, 1.54) is 0 Å². The van der Waals surface area contributed by atoms with Gasteiger partial charge in [0.1, 0.15) is 0 Å². The largest absolute Gasteiger partial charge is 0.387 e. The molecular weight excluding hydrogens is 291 g/mol. The summed E-state index contributed by atoms with van der Waals surface area (Å²) in [6, 6.07) is 14.2. The Morgan fingerprint density at radius 3 is 1.89 bits per heavy atom. The molecule has 2 rings (SSSR count). The van der Waals surface area contributed by atoms with Gasteiger partial charge in [-0.1, -0.05) is 47.5 Å². The Labute approximate surface area is 121 Å². The molecule has 2 aromatic rings. The molecule has 18 heavy (non-hydrogen) atoms. The quantitative estimate of drug-likeness (QED) is 0.790. The fourth-order valence-corrected chi connectivity index (χ4v) is 2.40. The van der Waals surface area contributed by atoms with Gasteiger partial charge in [-0.05, 0) is 35.4 Å². The van der Waals surface area contributed by atoms with Crippen molar-refractivity contribution >= 4 is 34.8 Å². The molecule has 0 aromatic heterocycles. The normalized spacial score (nSPS) is 14.2. The molecule has 0 aliphatic carbocycles. The fourth-order valence-electron chi connectivity index (χ4n) is 1.72. The molecule has 0 bridgehead atoms. The van der Waals surface area contributed by atoms with Gasteiger partial charge in [0, 0.05) is 10.0 Å². The first kappa shape index (κ1) is 13.7. The Morgan fingerprint density at radius 1 is 0.833 bits per heavy atom. The predicted octanol–water partition coefficient (Wildman–Crippen LogP) is 5.01. The van der Waals surface area contributed by atoms with Crippen LogP contribution in [0.4, 0.5) is 0 Å². The third kappa shape index (κ3) is 3.18. The molecule has 0 radical (unpaired) electrons. The van der Waals surface area contributed by atoms with Gasteiger partial charge < -0.3 is 5.11 Å². The number of hydrogen-bond donors (Lipinski definition) is 1. The molecule has 0 aliphatic rings. The Kier molecular flexibility index (Phi) is 4.52. The lowest BCUT2D eigenvalue weighted by Gasteiger charge is -2.18. The molecule has 1 nitrogen and oxygen atoms in total. The van der Waals surface area contributed by atoms with Crippen molar-refractivity contribution in [2.24, 2.45) is 0 Å². The van der Waals surface area contributed by atoms with Crippen LogP contribution in [0.2, 0.25) is 10.0 Å². The molecule has 94 valence electrons. The molecule has 2 aromatic carbocycles. The van der Waals surface area contributed by atoms with Gasteiger partial charge in [-0.3, -0.25) is 0 Å². The van der Waals surface area contributed by atoms with Gasteiger partial charge in [-0.2, -0.15) is 0 Å². The number of aliphatic hydroxyl groups is 1. The minimum Gasteiger partial charge on any atom is -0.387 e. The minimum atomic E-state index is -0.830. The van der Waals surface area contributed by atoms with Crippen LogP contribution in [0.1, 0.15) is 22.6 Å². The van der Waals surface area contributed by atoms with Gasteiger partial charge in [-0.15, -0.1) is 11.6 Å². The summed E-state index contributed by atoms with van der Waals surface area (Å²) in [5.74, 6) is 0. The fraction of sp³-hybridized carbons (Fsp3) is 0.143. The van der Waals surface area contributed by atoms with E-state index in [1.54, 1.807) is 42.5 Å². The monoisotopic (exact) mass is 300 g/mol. The maximum absolute atomic E-state index is 10.2. The standard InChI is InChI=1S/C14H11Cl3O/c15-11-5-1-3-9(7-11)13(17)14(18)10-4-2-6-12(16)8-10/h1-8,13-14,18H/t13-,14-/m0/s1. The first-order chi connectivity index (χ1) is 8.58. The van der Waals surface area contributed by atoms with Crippen LogP contribution >= 0.6 is 34.8 Å². The van der Waals surface area contributed by atoms with Crippen LogP contribution in [0.25, 0.3) is 0 Å². The van der Waals surface area contributed by atoms with Crippen molar-refractivity contribution in [3.05, 3.63) is 69.7 Å². The lowest BCUT2D eigenvalue weighted by molar-refractivity contribution is 0.172. The van der Waals surface area contributed by atoms with E-state index < -0.39 is 11.5 Å². The van der Waals surface area contributed by atoms with E-state index in [0.717, 1.165) is 5.56 Å². The maximum atomic E-state index is 10.2. The van der Waals surface area contributed by atoms with E-state index in [9.17, 15) is 5.11 Å². The second-order valence-electron chi connectivity index (χ2n) is 3.96. The summed E-state index contributed by atoms with van der Waals surface area (Å²) >= 11 is 18.1. The number of rotatable bonds is 3. The summed E-state index contributed by atoms with van der Waals surface area (Å²) in [4.78, 5) is 0. The van der Waals surface area contributed by atoms with E-state index in [2.05, 4.69) is 0 Å². The number of alkyl halides is 1. The van der Waals surface area contributed by atoms with E-state index >= 15 is 0 Å². The number of halogens is 3. The molecule has 0 saturated heterocycles. The van der Waals surface area contributed by atoms with E-state index in [-0.39, 0.29) is 0 Å². The highest BCUT2D eigenvalue weighted by atomic mass is 35.5. The summed E-state index contributed by atoms with van der Waals surface area (Å²) in [5.41, 5.74) is 1.46. The Balaban J connectivity index is 2.26. The van der Waals surface area contributed by atoms with Crippen LogP contribution in [0.5, 0.6) is 0 Å². The van der Waals surface area contributed by atoms with E-state index in [4.69, 9.17) is 34.8 Å². The molecule has 4 heteroatoms. The van der Waals surface area contributed by atoms with Crippen molar-refractivity contribution in [3.63, 3.8) is 0 Å². The Hall–Kier alpha value is -0.730. The number of hydrogen-bond acceptors (Lipinski definition) is 1. The predicted molar refractivity (Wildman–Crippen MR) is 76.5 cm³/mol. The van der Waals surface area contributed by atoms with E-state index in [0.29, 0.717) is 15.6 Å². The van der Waals surface area contributed by atoms with Crippen LogP contribution < -0.4 is 0 Å². The minimum absolute atomic E-state index is 0.567. The van der Waals surface area contributed by atoms with Gasteiger partial charge in [0.15, 0.2) is 0 Å². The van der Waals surface area contributed by atoms with Gasteiger partial charge in [0.2, 0.25) is 0 Å². The highest BCUT2D eigenvalue weighted by Gasteiger charge is 2.20. The number of benzene rings is 2. The first-order valence-corrected chi connectivity index (χ1v) is 6.60. The topological polar surface area (TPSA) is 20.2 Å². The zero-order valence-electron chi connectivity index (χ0n) is 9.35. The number of aliphatic hydroxyl groups excluding tert-OH is 1. The van der Waals surface area contributed by atoms with Gasteiger partial charge in [0.25, 0.3) is 0 Å². The van der Waals surface area contributed by atoms with Crippen molar-refractivity contribution in [3.8, 4) is 0 Å². The molecule has 0 amide bonds. The second kappa shape index (κ2) is 5.94. The molecule has 0 fully saturated rings. The SMILES string of the molecule is O[C@@H](c1cccc(Cl)c1)[C@@H](Cl)c1cccc(Cl)c1. The van der Waals surface area contributed by atoms with Crippen molar-refractivity contribution < 1.29 is 5.11 Å². The summed E-state index contributed by atoms with van der Waals surface area (Å²) in [5, 5.41) is 10.8. The summed E-state index contributed by atoms with van der Waals surface area (Å²) < 4.78 is 0. The molecule has 0 saturated carbocycles. The summed E-state index contributed by atoms with van der Waals surface area (Å²) in [7, 11) is 0. The average Bonchev–Trinajstić information content (AvgIpc) is 2.37. The Bertz CT molecular complexity index is 493. The molecule has 1 N–H and O–H groups in total. The highest BCUT2D eigenvalue weighted by molar-refractivity contribution is 6.31.